The van der Waals surface area contributed by atoms with Crippen LogP contribution in [0, 0.1) is 0 Å². The molecule has 1 spiro atoms. The number of ether oxygens (including phenoxy) is 1. The highest BCUT2D eigenvalue weighted by atomic mass is 16.5. The highest BCUT2D eigenvalue weighted by Gasteiger charge is 2.39. The molecule has 2 aliphatic heterocycles. The number of amidine groups is 1. The number of nitrogens with zero attached hydrogens (tertiary/aromatic N) is 2. The molecule has 0 radical (unpaired) electrons. The molecule has 1 unspecified atom stereocenters. The summed E-state index contributed by atoms with van der Waals surface area (Å²) in [6, 6.07) is 5.52. The molecular formula is C11H12N4O. The highest BCUT2D eigenvalue weighted by molar-refractivity contribution is 6.30. The maximum atomic E-state index is 5.78. The number of hydrogen-bond donors (Lipinski definition) is 2. The standard InChI is InChI=1S/C11H12N4O/c12-7-1-2-9-8(5-7)11(3-4-16-9)14-6-10(13)15-11/h1-2,5-6H,3-4,12H2,(H2,13,15). The molecule has 5 nitrogen and oxygen atoms in total. The zero-order valence-electron chi connectivity index (χ0n) is 8.68. The van der Waals surface area contributed by atoms with Gasteiger partial charge in [0.1, 0.15) is 11.6 Å². The molecule has 1 atom stereocenters. The number of anilines is 1. The van der Waals surface area contributed by atoms with Crippen LogP contribution in [0.5, 0.6) is 5.75 Å². The summed E-state index contributed by atoms with van der Waals surface area (Å²) in [7, 11) is 0. The Labute approximate surface area is 92.8 Å². The number of rotatable bonds is 0. The van der Waals surface area contributed by atoms with Crippen LogP contribution < -0.4 is 16.2 Å². The molecule has 82 valence electrons. The minimum Gasteiger partial charge on any atom is -0.493 e. The monoisotopic (exact) mass is 216 g/mol. The number of nitrogens with two attached hydrogens (primary N) is 2. The fraction of sp³-hybridized carbons (Fsp3) is 0.273. The van der Waals surface area contributed by atoms with E-state index in [1.54, 1.807) is 6.21 Å². The first-order chi connectivity index (χ1) is 7.70. The summed E-state index contributed by atoms with van der Waals surface area (Å²) in [4.78, 5) is 8.80. The van der Waals surface area contributed by atoms with E-state index in [4.69, 9.17) is 16.2 Å². The van der Waals surface area contributed by atoms with Crippen molar-refractivity contribution in [3.05, 3.63) is 23.8 Å². The van der Waals surface area contributed by atoms with Gasteiger partial charge in [0.25, 0.3) is 0 Å². The lowest BCUT2D eigenvalue weighted by molar-refractivity contribution is 0.225. The van der Waals surface area contributed by atoms with Crippen LogP contribution in [0.4, 0.5) is 5.69 Å². The molecule has 0 aliphatic carbocycles. The van der Waals surface area contributed by atoms with Crippen LogP contribution in [0.2, 0.25) is 0 Å². The van der Waals surface area contributed by atoms with Crippen molar-refractivity contribution in [1.82, 2.24) is 0 Å². The second kappa shape index (κ2) is 2.98. The van der Waals surface area contributed by atoms with E-state index < -0.39 is 5.66 Å². The molecule has 3 rings (SSSR count). The molecule has 0 amide bonds. The van der Waals surface area contributed by atoms with Crippen LogP contribution >= 0.6 is 0 Å². The Morgan fingerprint density at radius 3 is 2.94 bits per heavy atom. The van der Waals surface area contributed by atoms with Gasteiger partial charge in [0.15, 0.2) is 5.66 Å². The lowest BCUT2D eigenvalue weighted by Gasteiger charge is -2.30. The van der Waals surface area contributed by atoms with Gasteiger partial charge in [-0.2, -0.15) is 0 Å². The van der Waals surface area contributed by atoms with Gasteiger partial charge in [0, 0.05) is 17.7 Å². The van der Waals surface area contributed by atoms with Gasteiger partial charge in [0.05, 0.1) is 12.8 Å². The third-order valence-corrected chi connectivity index (χ3v) is 2.87. The van der Waals surface area contributed by atoms with E-state index in [0.29, 0.717) is 24.6 Å². The van der Waals surface area contributed by atoms with Gasteiger partial charge in [-0.3, -0.25) is 4.99 Å². The van der Waals surface area contributed by atoms with Crippen LogP contribution in [-0.4, -0.2) is 18.7 Å². The molecule has 0 fully saturated rings. The topological polar surface area (TPSA) is 86.0 Å². The summed E-state index contributed by atoms with van der Waals surface area (Å²) in [6.07, 6.45) is 2.29. The van der Waals surface area contributed by atoms with Crippen molar-refractivity contribution >= 4 is 17.7 Å². The minimum atomic E-state index is -0.604. The smallest absolute Gasteiger partial charge is 0.185 e. The molecule has 0 aromatic heterocycles. The fourth-order valence-electron chi connectivity index (χ4n) is 2.12. The van der Waals surface area contributed by atoms with E-state index in [1.165, 1.54) is 0 Å². The lowest BCUT2D eigenvalue weighted by atomic mass is 9.94. The second-order valence-electron chi connectivity index (χ2n) is 3.97. The van der Waals surface area contributed by atoms with Gasteiger partial charge >= 0.3 is 0 Å². The molecule has 0 saturated heterocycles. The average Bonchev–Trinajstić information content (AvgIpc) is 2.63. The van der Waals surface area contributed by atoms with Crippen LogP contribution in [0.3, 0.4) is 0 Å². The summed E-state index contributed by atoms with van der Waals surface area (Å²) in [5, 5.41) is 0. The summed E-state index contributed by atoms with van der Waals surface area (Å²) in [5.41, 5.74) is 12.4. The molecule has 2 heterocycles. The molecule has 2 aliphatic rings. The van der Waals surface area contributed by atoms with E-state index in [2.05, 4.69) is 9.98 Å². The van der Waals surface area contributed by atoms with Crippen molar-refractivity contribution in [1.29, 1.82) is 0 Å². The van der Waals surface area contributed by atoms with E-state index in [1.807, 2.05) is 18.2 Å². The van der Waals surface area contributed by atoms with Gasteiger partial charge < -0.3 is 16.2 Å². The Kier molecular flexibility index (Phi) is 1.71. The van der Waals surface area contributed by atoms with Crippen molar-refractivity contribution in [2.24, 2.45) is 15.7 Å². The first kappa shape index (κ1) is 9.21. The molecule has 1 aromatic rings. The van der Waals surface area contributed by atoms with E-state index in [-0.39, 0.29) is 0 Å². The molecule has 0 saturated carbocycles. The van der Waals surface area contributed by atoms with Crippen molar-refractivity contribution in [2.45, 2.75) is 12.1 Å². The number of aliphatic imine (C=N–C) groups is 2. The molecular weight excluding hydrogens is 204 g/mol. The number of benzene rings is 1. The summed E-state index contributed by atoms with van der Waals surface area (Å²) >= 11 is 0. The maximum Gasteiger partial charge on any atom is 0.185 e. The van der Waals surface area contributed by atoms with Crippen molar-refractivity contribution in [3.63, 3.8) is 0 Å². The highest BCUT2D eigenvalue weighted by Crippen LogP contribution is 2.43. The molecule has 5 heteroatoms. The molecule has 16 heavy (non-hydrogen) atoms. The van der Waals surface area contributed by atoms with Crippen LogP contribution in [0.1, 0.15) is 12.0 Å². The van der Waals surface area contributed by atoms with Gasteiger partial charge in [-0.1, -0.05) is 0 Å². The zero-order valence-corrected chi connectivity index (χ0v) is 8.68. The third-order valence-electron chi connectivity index (χ3n) is 2.87. The Bertz CT molecular complexity index is 509. The summed E-state index contributed by atoms with van der Waals surface area (Å²) in [6.45, 7) is 0.588. The lowest BCUT2D eigenvalue weighted by Crippen LogP contribution is -2.28. The first-order valence-electron chi connectivity index (χ1n) is 5.13. The second-order valence-corrected chi connectivity index (χ2v) is 3.97. The number of nitrogen functional groups attached to an aromatic ring is 1. The average molecular weight is 216 g/mol. The van der Waals surface area contributed by atoms with Crippen molar-refractivity contribution in [3.8, 4) is 5.75 Å². The van der Waals surface area contributed by atoms with Gasteiger partial charge in [-0.15, -0.1) is 0 Å². The zero-order chi connectivity index (χ0) is 11.2. The largest absolute Gasteiger partial charge is 0.493 e. The minimum absolute atomic E-state index is 0.454. The van der Waals surface area contributed by atoms with E-state index in [0.717, 1.165) is 11.3 Å². The van der Waals surface area contributed by atoms with Crippen molar-refractivity contribution < 1.29 is 4.74 Å². The number of hydrogen-bond acceptors (Lipinski definition) is 5. The predicted molar refractivity (Wildman–Crippen MR) is 62.8 cm³/mol. The molecule has 4 N–H and O–H groups in total. The van der Waals surface area contributed by atoms with Crippen molar-refractivity contribution in [2.75, 3.05) is 12.3 Å². The SMILES string of the molecule is NC1=NC2(CCOc3ccc(N)cc32)N=C1. The van der Waals surface area contributed by atoms with E-state index in [9.17, 15) is 0 Å². The van der Waals surface area contributed by atoms with E-state index >= 15 is 0 Å². The quantitative estimate of drug-likeness (QED) is 0.624. The molecule has 0 bridgehead atoms. The fourth-order valence-corrected chi connectivity index (χ4v) is 2.12. The van der Waals surface area contributed by atoms with Crippen LogP contribution in [-0.2, 0) is 5.66 Å². The number of fused-ring (bicyclic) bond motifs is 2. The Morgan fingerprint density at radius 1 is 1.31 bits per heavy atom. The Morgan fingerprint density at radius 2 is 2.19 bits per heavy atom. The van der Waals surface area contributed by atoms with Crippen LogP contribution in [0.25, 0.3) is 0 Å². The Balaban J connectivity index is 2.20. The van der Waals surface area contributed by atoms with Gasteiger partial charge in [-0.05, 0) is 18.2 Å². The summed E-state index contributed by atoms with van der Waals surface area (Å²) in [5.74, 6) is 1.24. The normalized spacial score (nSPS) is 26.4. The summed E-state index contributed by atoms with van der Waals surface area (Å²) < 4.78 is 5.56. The third kappa shape index (κ3) is 1.18. The molecule has 1 aromatic carbocycles. The van der Waals surface area contributed by atoms with Gasteiger partial charge in [-0.25, -0.2) is 4.99 Å². The predicted octanol–water partition coefficient (Wildman–Crippen LogP) is 0.646. The maximum absolute atomic E-state index is 5.78. The Hall–Kier alpha value is -2.04. The van der Waals surface area contributed by atoms with Gasteiger partial charge in [0.2, 0.25) is 0 Å². The first-order valence-corrected chi connectivity index (χ1v) is 5.13. The van der Waals surface area contributed by atoms with Crippen LogP contribution in [0.15, 0.2) is 28.2 Å².